The Morgan fingerprint density at radius 3 is 2.67 bits per heavy atom. The van der Waals surface area contributed by atoms with Crippen molar-refractivity contribution < 1.29 is 10.0 Å². The second-order valence-electron chi connectivity index (χ2n) is 4.46. The van der Waals surface area contributed by atoms with Gasteiger partial charge in [-0.15, -0.1) is 0 Å². The summed E-state index contributed by atoms with van der Waals surface area (Å²) in [6, 6.07) is 4.67. The van der Waals surface area contributed by atoms with Crippen LogP contribution in [0.5, 0.6) is 0 Å². The molecule has 100 valence electrons. The van der Waals surface area contributed by atoms with Gasteiger partial charge in [0.15, 0.2) is 0 Å². The maximum Gasteiger partial charge on any atom is 0.288 e. The molecule has 1 rings (SSSR count). The summed E-state index contributed by atoms with van der Waals surface area (Å²) in [5.41, 5.74) is 0.672. The zero-order valence-electron chi connectivity index (χ0n) is 10.4. The van der Waals surface area contributed by atoms with E-state index in [1.807, 2.05) is 13.8 Å². The van der Waals surface area contributed by atoms with Gasteiger partial charge in [-0.3, -0.25) is 10.1 Å². The van der Waals surface area contributed by atoms with Crippen LogP contribution in [0.4, 0.5) is 5.69 Å². The first-order valence-corrected chi connectivity index (χ1v) is 6.10. The van der Waals surface area contributed by atoms with E-state index in [-0.39, 0.29) is 29.3 Å². The van der Waals surface area contributed by atoms with E-state index in [4.69, 9.17) is 16.7 Å². The first-order chi connectivity index (χ1) is 8.45. The number of nitrogens with one attached hydrogen (secondary N) is 1. The highest BCUT2D eigenvalue weighted by Crippen LogP contribution is 2.25. The van der Waals surface area contributed by atoms with E-state index in [0.29, 0.717) is 6.54 Å². The molecule has 2 N–H and O–H groups in total. The van der Waals surface area contributed by atoms with Gasteiger partial charge in [0, 0.05) is 18.7 Å². The molecule has 0 saturated carbocycles. The Hall–Kier alpha value is -1.17. The Bertz CT molecular complexity index is 424. The lowest BCUT2D eigenvalue weighted by molar-refractivity contribution is -0.384. The predicted octanol–water partition coefficient (Wildman–Crippen LogP) is 2.35. The number of nitro benzene ring substituents is 1. The van der Waals surface area contributed by atoms with Crippen LogP contribution in [0, 0.1) is 16.0 Å². The van der Waals surface area contributed by atoms with Crippen molar-refractivity contribution in [2.45, 2.75) is 26.4 Å². The Balaban J connectivity index is 2.74. The van der Waals surface area contributed by atoms with Crippen LogP contribution in [0.2, 0.25) is 5.02 Å². The third-order valence-corrected chi connectivity index (χ3v) is 3.10. The molecule has 6 heteroatoms. The van der Waals surface area contributed by atoms with Crippen LogP contribution in [0.25, 0.3) is 0 Å². The SMILES string of the molecule is CC(C)[C@@H](CO)NCc1ccc(Cl)c([N+](=O)[O-])c1. The van der Waals surface area contributed by atoms with Gasteiger partial charge >= 0.3 is 0 Å². The lowest BCUT2D eigenvalue weighted by Gasteiger charge is -2.19. The van der Waals surface area contributed by atoms with Crippen LogP contribution < -0.4 is 5.32 Å². The average molecular weight is 273 g/mol. The number of aliphatic hydroxyl groups is 1. The number of aliphatic hydroxyl groups excluding tert-OH is 1. The van der Waals surface area contributed by atoms with Gasteiger partial charge in [0.25, 0.3) is 5.69 Å². The van der Waals surface area contributed by atoms with Crippen molar-refractivity contribution in [1.82, 2.24) is 5.32 Å². The Morgan fingerprint density at radius 2 is 2.17 bits per heavy atom. The van der Waals surface area contributed by atoms with E-state index in [2.05, 4.69) is 5.32 Å². The van der Waals surface area contributed by atoms with Crippen molar-refractivity contribution >= 4 is 17.3 Å². The van der Waals surface area contributed by atoms with Crippen LogP contribution >= 0.6 is 11.6 Å². The molecule has 0 unspecified atom stereocenters. The van der Waals surface area contributed by atoms with Crippen LogP contribution in [0.15, 0.2) is 18.2 Å². The second kappa shape index (κ2) is 6.68. The molecule has 0 bridgehead atoms. The number of rotatable bonds is 6. The zero-order chi connectivity index (χ0) is 13.7. The average Bonchev–Trinajstić information content (AvgIpc) is 2.31. The number of hydrogen-bond donors (Lipinski definition) is 2. The monoisotopic (exact) mass is 272 g/mol. The lowest BCUT2D eigenvalue weighted by atomic mass is 10.0. The second-order valence-corrected chi connectivity index (χ2v) is 4.86. The van der Waals surface area contributed by atoms with E-state index in [1.54, 1.807) is 6.07 Å². The molecular weight excluding hydrogens is 256 g/mol. The summed E-state index contributed by atoms with van der Waals surface area (Å²) in [7, 11) is 0. The molecule has 0 heterocycles. The largest absolute Gasteiger partial charge is 0.395 e. The van der Waals surface area contributed by atoms with Crippen LogP contribution in [-0.2, 0) is 6.54 Å². The summed E-state index contributed by atoms with van der Waals surface area (Å²) in [4.78, 5) is 10.2. The third-order valence-electron chi connectivity index (χ3n) is 2.78. The van der Waals surface area contributed by atoms with E-state index in [0.717, 1.165) is 5.56 Å². The molecule has 0 saturated heterocycles. The first kappa shape index (κ1) is 14.9. The molecule has 0 aliphatic rings. The topological polar surface area (TPSA) is 75.4 Å². The molecule has 18 heavy (non-hydrogen) atoms. The number of nitrogens with zero attached hydrogens (tertiary/aromatic N) is 1. The van der Waals surface area contributed by atoms with E-state index < -0.39 is 4.92 Å². The van der Waals surface area contributed by atoms with Gasteiger partial charge in [0.2, 0.25) is 0 Å². The highest BCUT2D eigenvalue weighted by molar-refractivity contribution is 6.32. The van der Waals surface area contributed by atoms with Gasteiger partial charge in [0.1, 0.15) is 5.02 Å². The van der Waals surface area contributed by atoms with E-state index in [9.17, 15) is 10.1 Å². The molecule has 0 aliphatic heterocycles. The minimum absolute atomic E-state index is 0.0280. The van der Waals surface area contributed by atoms with Gasteiger partial charge in [-0.2, -0.15) is 0 Å². The van der Waals surface area contributed by atoms with Gasteiger partial charge < -0.3 is 10.4 Å². The molecule has 0 aromatic heterocycles. The van der Waals surface area contributed by atoms with E-state index >= 15 is 0 Å². The quantitative estimate of drug-likeness (QED) is 0.616. The molecule has 0 aliphatic carbocycles. The van der Waals surface area contributed by atoms with Crippen molar-refractivity contribution in [2.24, 2.45) is 5.92 Å². The minimum Gasteiger partial charge on any atom is -0.395 e. The fourth-order valence-corrected chi connectivity index (χ4v) is 1.75. The Labute approximate surface area is 111 Å². The van der Waals surface area contributed by atoms with Gasteiger partial charge in [0.05, 0.1) is 11.5 Å². The Morgan fingerprint density at radius 1 is 1.50 bits per heavy atom. The molecule has 0 radical (unpaired) electrons. The summed E-state index contributed by atoms with van der Waals surface area (Å²) >= 11 is 5.73. The summed E-state index contributed by atoms with van der Waals surface area (Å²) in [5.74, 6) is 0.289. The number of nitro groups is 1. The van der Waals surface area contributed by atoms with Crippen LogP contribution in [0.1, 0.15) is 19.4 Å². The third kappa shape index (κ3) is 3.94. The maximum absolute atomic E-state index is 10.7. The molecule has 5 nitrogen and oxygen atoms in total. The number of hydrogen-bond acceptors (Lipinski definition) is 4. The molecule has 0 spiro atoms. The zero-order valence-corrected chi connectivity index (χ0v) is 11.1. The predicted molar refractivity (Wildman–Crippen MR) is 70.7 cm³/mol. The fourth-order valence-electron chi connectivity index (χ4n) is 1.57. The highest BCUT2D eigenvalue weighted by Gasteiger charge is 2.14. The van der Waals surface area contributed by atoms with E-state index in [1.165, 1.54) is 12.1 Å². The van der Waals surface area contributed by atoms with Crippen molar-refractivity contribution in [3.05, 3.63) is 38.9 Å². The molecule has 0 fully saturated rings. The van der Waals surface area contributed by atoms with Crippen LogP contribution in [0.3, 0.4) is 0 Å². The standard InChI is InChI=1S/C12H17ClN2O3/c1-8(2)11(7-16)14-6-9-3-4-10(13)12(5-9)15(17)18/h3-5,8,11,14,16H,6-7H2,1-2H3/t11-/m1/s1. The first-order valence-electron chi connectivity index (χ1n) is 5.72. The van der Waals surface area contributed by atoms with Crippen molar-refractivity contribution in [3.8, 4) is 0 Å². The van der Waals surface area contributed by atoms with Crippen molar-refractivity contribution in [3.63, 3.8) is 0 Å². The molecule has 1 aromatic rings. The van der Waals surface area contributed by atoms with Crippen molar-refractivity contribution in [1.29, 1.82) is 0 Å². The summed E-state index contributed by atoms with van der Waals surface area (Å²) in [5, 5.41) is 23.2. The van der Waals surface area contributed by atoms with Crippen molar-refractivity contribution in [2.75, 3.05) is 6.61 Å². The fraction of sp³-hybridized carbons (Fsp3) is 0.500. The molecular formula is C12H17ClN2O3. The maximum atomic E-state index is 10.7. The van der Waals surface area contributed by atoms with Gasteiger partial charge in [-0.1, -0.05) is 31.5 Å². The molecule has 1 aromatic carbocycles. The molecule has 0 amide bonds. The highest BCUT2D eigenvalue weighted by atomic mass is 35.5. The van der Waals surface area contributed by atoms with Crippen LogP contribution in [-0.4, -0.2) is 22.7 Å². The van der Waals surface area contributed by atoms with Gasteiger partial charge in [-0.05, 0) is 17.5 Å². The smallest absolute Gasteiger partial charge is 0.288 e. The number of benzene rings is 1. The summed E-state index contributed by atoms with van der Waals surface area (Å²) in [6.07, 6.45) is 0. The van der Waals surface area contributed by atoms with Gasteiger partial charge in [-0.25, -0.2) is 0 Å². The summed E-state index contributed by atoms with van der Waals surface area (Å²) in [6.45, 7) is 4.49. The minimum atomic E-state index is -0.502. The number of halogens is 1. The summed E-state index contributed by atoms with van der Waals surface area (Å²) < 4.78 is 0. The lowest BCUT2D eigenvalue weighted by Crippen LogP contribution is -2.36. The normalized spacial score (nSPS) is 12.7. The molecule has 1 atom stereocenters. The Kier molecular flexibility index (Phi) is 5.53.